The van der Waals surface area contributed by atoms with Crippen molar-refractivity contribution in [2.45, 2.75) is 51.2 Å². The molecule has 2 aliphatic rings. The Morgan fingerprint density at radius 2 is 1.62 bits per heavy atom. The lowest BCUT2D eigenvalue weighted by molar-refractivity contribution is -0.451. The van der Waals surface area contributed by atoms with Crippen molar-refractivity contribution in [3.63, 3.8) is 0 Å². The van der Waals surface area contributed by atoms with Crippen LogP contribution in [0.2, 0.25) is 0 Å². The van der Waals surface area contributed by atoms with E-state index in [0.717, 1.165) is 12.8 Å². The van der Waals surface area contributed by atoms with Gasteiger partial charge in [-0.3, -0.25) is 0 Å². The average molecular weight is 293 g/mol. The predicted molar refractivity (Wildman–Crippen MR) is 77.0 cm³/mol. The number of ether oxygens (including phenoxy) is 2. The molecule has 4 unspecified atom stereocenters. The molecule has 1 aromatic carbocycles. The van der Waals surface area contributed by atoms with Crippen molar-refractivity contribution in [3.05, 3.63) is 35.9 Å². The molecule has 0 spiro atoms. The lowest BCUT2D eigenvalue weighted by Crippen LogP contribution is -2.44. The molecule has 0 saturated carbocycles. The molecule has 0 bridgehead atoms. The molecule has 2 aliphatic heterocycles. The molecule has 2 saturated heterocycles. The first-order valence-electron chi connectivity index (χ1n) is 7.72. The van der Waals surface area contributed by atoms with E-state index in [-0.39, 0.29) is 18.6 Å². The van der Waals surface area contributed by atoms with Crippen molar-refractivity contribution in [3.8, 4) is 0 Å². The van der Waals surface area contributed by atoms with E-state index in [1.165, 1.54) is 5.56 Å². The zero-order valence-electron chi connectivity index (χ0n) is 12.6. The third-order valence-electron chi connectivity index (χ3n) is 3.99. The summed E-state index contributed by atoms with van der Waals surface area (Å²) in [6, 6.07) is 10.7. The van der Waals surface area contributed by atoms with Gasteiger partial charge in [0.2, 0.25) is 0 Å². The van der Waals surface area contributed by atoms with Crippen molar-refractivity contribution >= 4 is 0 Å². The number of rotatable bonds is 5. The van der Waals surface area contributed by atoms with Crippen LogP contribution in [0.5, 0.6) is 0 Å². The van der Waals surface area contributed by atoms with Gasteiger partial charge in [0.05, 0.1) is 6.04 Å². The zero-order valence-corrected chi connectivity index (χ0v) is 12.6. The Labute approximate surface area is 125 Å². The van der Waals surface area contributed by atoms with Gasteiger partial charge in [-0.2, -0.15) is 0 Å². The first kappa shape index (κ1) is 14.9. The topological polar surface area (TPSA) is 40.2 Å². The summed E-state index contributed by atoms with van der Waals surface area (Å²) in [5, 5.41) is 1.60. The van der Waals surface area contributed by atoms with Crippen molar-refractivity contribution in [2.24, 2.45) is 0 Å². The number of hydrogen-bond donors (Lipinski definition) is 0. The minimum Gasteiger partial charge on any atom is -0.351 e. The van der Waals surface area contributed by atoms with Gasteiger partial charge in [-0.15, -0.1) is 0 Å². The van der Waals surface area contributed by atoms with Crippen LogP contribution in [-0.2, 0) is 19.1 Å². The third kappa shape index (κ3) is 3.27. The van der Waals surface area contributed by atoms with Gasteiger partial charge in [-0.25, -0.2) is 9.68 Å². The van der Waals surface area contributed by atoms with E-state index in [0.29, 0.717) is 19.1 Å². The van der Waals surface area contributed by atoms with Gasteiger partial charge in [-0.1, -0.05) is 35.6 Å². The summed E-state index contributed by atoms with van der Waals surface area (Å²) in [4.78, 5) is 11.5. The highest BCUT2D eigenvalue weighted by molar-refractivity contribution is 5.22. The number of nitrogens with zero attached hydrogens (tertiary/aromatic N) is 1. The van der Waals surface area contributed by atoms with E-state index in [2.05, 4.69) is 24.3 Å². The van der Waals surface area contributed by atoms with Gasteiger partial charge in [-0.05, 0) is 19.4 Å². The van der Waals surface area contributed by atoms with Gasteiger partial charge in [0.1, 0.15) is 0 Å². The lowest BCUT2D eigenvalue weighted by atomic mass is 9.86. The van der Waals surface area contributed by atoms with Crippen LogP contribution in [0.4, 0.5) is 0 Å². The first-order valence-corrected chi connectivity index (χ1v) is 7.72. The standard InChI is InChI=1S/C16H23NO4/c1-3-18-15-10-13(12-8-6-5-7-9-12)14-11-16(19-4-2)21-17(14)20-15/h5-9,13-16H,3-4,10-11H2,1-2H3. The van der Waals surface area contributed by atoms with Gasteiger partial charge in [0.25, 0.3) is 0 Å². The van der Waals surface area contributed by atoms with Crippen LogP contribution >= 0.6 is 0 Å². The van der Waals surface area contributed by atoms with E-state index in [9.17, 15) is 0 Å². The van der Waals surface area contributed by atoms with E-state index in [1.807, 2.05) is 19.9 Å². The maximum absolute atomic E-state index is 5.79. The molecule has 3 rings (SSSR count). The maximum Gasteiger partial charge on any atom is 0.181 e. The second-order valence-corrected chi connectivity index (χ2v) is 5.32. The van der Waals surface area contributed by atoms with Crippen molar-refractivity contribution in [1.29, 1.82) is 0 Å². The molecular formula is C16H23NO4. The second-order valence-electron chi connectivity index (χ2n) is 5.32. The van der Waals surface area contributed by atoms with Crippen LogP contribution < -0.4 is 0 Å². The molecule has 2 heterocycles. The van der Waals surface area contributed by atoms with Crippen LogP contribution in [0, 0.1) is 0 Å². The minimum absolute atomic E-state index is 0.167. The molecule has 21 heavy (non-hydrogen) atoms. The molecule has 0 aromatic heterocycles. The SMILES string of the molecule is CCOC1CC(c2ccccc2)C2CC(OCC)ON2O1. The fraction of sp³-hybridized carbons (Fsp3) is 0.625. The Balaban J connectivity index is 1.79. The maximum atomic E-state index is 5.79. The van der Waals surface area contributed by atoms with E-state index in [4.69, 9.17) is 19.1 Å². The van der Waals surface area contributed by atoms with Crippen molar-refractivity contribution in [1.82, 2.24) is 5.23 Å². The summed E-state index contributed by atoms with van der Waals surface area (Å²) in [7, 11) is 0. The molecule has 0 radical (unpaired) electrons. The smallest absolute Gasteiger partial charge is 0.181 e. The van der Waals surface area contributed by atoms with Crippen LogP contribution in [0.25, 0.3) is 0 Å². The normalized spacial score (nSPS) is 33.0. The van der Waals surface area contributed by atoms with Crippen LogP contribution in [0.3, 0.4) is 0 Å². The monoisotopic (exact) mass is 293 g/mol. The summed E-state index contributed by atoms with van der Waals surface area (Å²) in [5.41, 5.74) is 1.29. The molecule has 0 amide bonds. The van der Waals surface area contributed by atoms with E-state index < -0.39 is 0 Å². The van der Waals surface area contributed by atoms with Crippen LogP contribution in [-0.4, -0.2) is 37.1 Å². The molecule has 0 N–H and O–H groups in total. The highest BCUT2D eigenvalue weighted by Gasteiger charge is 2.46. The summed E-state index contributed by atoms with van der Waals surface area (Å²) in [6.45, 7) is 5.20. The Morgan fingerprint density at radius 3 is 2.24 bits per heavy atom. The van der Waals surface area contributed by atoms with E-state index >= 15 is 0 Å². The Bertz CT molecular complexity index is 441. The predicted octanol–water partition coefficient (Wildman–Crippen LogP) is 2.84. The van der Waals surface area contributed by atoms with Crippen molar-refractivity contribution < 1.29 is 19.1 Å². The molecule has 4 atom stereocenters. The molecular weight excluding hydrogens is 270 g/mol. The highest BCUT2D eigenvalue weighted by atomic mass is 17.0. The number of hydroxylamine groups is 2. The molecule has 5 nitrogen and oxygen atoms in total. The highest BCUT2D eigenvalue weighted by Crippen LogP contribution is 2.41. The number of benzene rings is 1. The molecule has 0 aliphatic carbocycles. The molecule has 2 fully saturated rings. The Hall–Kier alpha value is -0.980. The second kappa shape index (κ2) is 6.85. The van der Waals surface area contributed by atoms with Gasteiger partial charge in [0.15, 0.2) is 12.6 Å². The minimum atomic E-state index is -0.267. The largest absolute Gasteiger partial charge is 0.351 e. The number of fused-ring (bicyclic) bond motifs is 1. The van der Waals surface area contributed by atoms with Crippen LogP contribution in [0.15, 0.2) is 30.3 Å². The molecule has 116 valence electrons. The summed E-state index contributed by atoms with van der Waals surface area (Å²) in [6.07, 6.45) is 1.15. The van der Waals surface area contributed by atoms with Gasteiger partial charge >= 0.3 is 0 Å². The first-order chi connectivity index (χ1) is 10.3. The van der Waals surface area contributed by atoms with Gasteiger partial charge in [0, 0.05) is 32.0 Å². The molecule has 1 aromatic rings. The molecule has 5 heteroatoms. The third-order valence-corrected chi connectivity index (χ3v) is 3.99. The lowest BCUT2D eigenvalue weighted by Gasteiger charge is -2.38. The Morgan fingerprint density at radius 1 is 1.00 bits per heavy atom. The van der Waals surface area contributed by atoms with E-state index in [1.54, 1.807) is 5.23 Å². The fourth-order valence-electron chi connectivity index (χ4n) is 3.09. The van der Waals surface area contributed by atoms with Crippen molar-refractivity contribution in [2.75, 3.05) is 13.2 Å². The summed E-state index contributed by atoms with van der Waals surface area (Å²) in [5.74, 6) is 0.321. The van der Waals surface area contributed by atoms with Gasteiger partial charge < -0.3 is 9.47 Å². The van der Waals surface area contributed by atoms with Crippen LogP contribution in [0.1, 0.15) is 38.2 Å². The number of hydrogen-bond acceptors (Lipinski definition) is 5. The average Bonchev–Trinajstić information content (AvgIpc) is 2.90. The summed E-state index contributed by atoms with van der Waals surface area (Å²) < 4.78 is 11.2. The zero-order chi connectivity index (χ0) is 14.7. The quantitative estimate of drug-likeness (QED) is 0.835. The summed E-state index contributed by atoms with van der Waals surface area (Å²) >= 11 is 0. The fourth-order valence-corrected chi connectivity index (χ4v) is 3.09. The Kier molecular flexibility index (Phi) is 4.87.